The van der Waals surface area contributed by atoms with Gasteiger partial charge in [-0.2, -0.15) is 0 Å². The molecule has 2 aliphatic heterocycles. The maximum atomic E-state index is 5.44. The number of rotatable bonds is 8. The van der Waals surface area contributed by atoms with E-state index in [2.05, 4.69) is 41.5 Å². The van der Waals surface area contributed by atoms with Gasteiger partial charge in [-0.25, -0.2) is 0 Å². The lowest BCUT2D eigenvalue weighted by Crippen LogP contribution is -2.38. The summed E-state index contributed by atoms with van der Waals surface area (Å²) in [6.07, 6.45) is 3.43. The summed E-state index contributed by atoms with van der Waals surface area (Å²) in [6.45, 7) is 10.9. The van der Waals surface area contributed by atoms with Crippen molar-refractivity contribution in [3.63, 3.8) is 0 Å². The molecule has 1 saturated heterocycles. The minimum atomic E-state index is 0. The predicted octanol–water partition coefficient (Wildman–Crippen LogP) is 2.86. The number of hydrogen-bond donors (Lipinski definition) is 2. The van der Waals surface area contributed by atoms with Gasteiger partial charge in [0.2, 0.25) is 6.79 Å². The van der Waals surface area contributed by atoms with Crippen LogP contribution in [-0.2, 0) is 6.42 Å². The lowest BCUT2D eigenvalue weighted by Gasteiger charge is -2.15. The Morgan fingerprint density at radius 3 is 2.89 bits per heavy atom. The normalized spacial score (nSPS) is 19.0. The van der Waals surface area contributed by atoms with Crippen LogP contribution >= 0.6 is 24.0 Å². The van der Waals surface area contributed by atoms with Gasteiger partial charge in [0.05, 0.1) is 0 Å². The average molecular weight is 488 g/mol. The molecule has 0 amide bonds. The Kier molecular flexibility index (Phi) is 9.47. The van der Waals surface area contributed by atoms with E-state index >= 15 is 0 Å². The van der Waals surface area contributed by atoms with Gasteiger partial charge in [-0.05, 0) is 62.9 Å². The van der Waals surface area contributed by atoms with Crippen molar-refractivity contribution < 1.29 is 9.47 Å². The van der Waals surface area contributed by atoms with Crippen LogP contribution in [0.4, 0.5) is 0 Å². The van der Waals surface area contributed by atoms with Gasteiger partial charge in [-0.1, -0.05) is 13.0 Å². The summed E-state index contributed by atoms with van der Waals surface area (Å²) in [5.74, 6) is 3.29. The highest BCUT2D eigenvalue weighted by Crippen LogP contribution is 2.32. The second kappa shape index (κ2) is 11.6. The largest absolute Gasteiger partial charge is 0.454 e. The van der Waals surface area contributed by atoms with Crippen LogP contribution < -0.4 is 20.1 Å². The molecular formula is C20H33IN4O2. The van der Waals surface area contributed by atoms with Crippen LogP contribution in [0.1, 0.15) is 32.3 Å². The Labute approximate surface area is 180 Å². The van der Waals surface area contributed by atoms with Crippen LogP contribution in [0.2, 0.25) is 0 Å². The van der Waals surface area contributed by atoms with Crippen molar-refractivity contribution in [3.8, 4) is 11.5 Å². The monoisotopic (exact) mass is 488 g/mol. The van der Waals surface area contributed by atoms with E-state index < -0.39 is 0 Å². The standard InChI is InChI=1S/C20H32N4O2.HI/c1-3-10-24-11-8-17(14-24)13-23-20(21-4-2)22-9-7-16-5-6-18-19(12-16)26-15-25-18;/h5-6,12,17H,3-4,7-11,13-15H2,1-2H3,(H2,21,22,23);1H. The molecule has 1 aromatic carbocycles. The molecule has 0 spiro atoms. The molecule has 1 fully saturated rings. The number of halogens is 1. The summed E-state index contributed by atoms with van der Waals surface area (Å²) in [5.41, 5.74) is 1.24. The Bertz CT molecular complexity index is 612. The summed E-state index contributed by atoms with van der Waals surface area (Å²) >= 11 is 0. The van der Waals surface area contributed by atoms with E-state index in [1.54, 1.807) is 0 Å². The Morgan fingerprint density at radius 1 is 1.22 bits per heavy atom. The molecule has 152 valence electrons. The van der Waals surface area contributed by atoms with Gasteiger partial charge in [0.15, 0.2) is 17.5 Å². The lowest BCUT2D eigenvalue weighted by atomic mass is 10.1. The van der Waals surface area contributed by atoms with Gasteiger partial charge >= 0.3 is 0 Å². The summed E-state index contributed by atoms with van der Waals surface area (Å²) in [5, 5.41) is 6.80. The van der Waals surface area contributed by atoms with Crippen LogP contribution in [0.3, 0.4) is 0 Å². The first-order chi connectivity index (χ1) is 12.8. The highest BCUT2D eigenvalue weighted by molar-refractivity contribution is 14.0. The molecule has 0 bridgehead atoms. The van der Waals surface area contributed by atoms with E-state index in [9.17, 15) is 0 Å². The Hall–Kier alpha value is -1.22. The molecule has 3 rings (SSSR count). The molecule has 2 aliphatic rings. The van der Waals surface area contributed by atoms with Crippen LogP contribution in [0.15, 0.2) is 23.2 Å². The molecule has 0 saturated carbocycles. The van der Waals surface area contributed by atoms with Gasteiger partial charge in [0.25, 0.3) is 0 Å². The first-order valence-corrected chi connectivity index (χ1v) is 9.91. The fourth-order valence-electron chi connectivity index (χ4n) is 3.57. The van der Waals surface area contributed by atoms with Crippen molar-refractivity contribution in [2.24, 2.45) is 10.9 Å². The zero-order valence-corrected chi connectivity index (χ0v) is 18.8. The summed E-state index contributed by atoms with van der Waals surface area (Å²) < 4.78 is 10.8. The van der Waals surface area contributed by atoms with Crippen LogP contribution in [0.25, 0.3) is 0 Å². The molecule has 1 atom stereocenters. The van der Waals surface area contributed by atoms with Gasteiger partial charge in [-0.3, -0.25) is 4.99 Å². The highest BCUT2D eigenvalue weighted by Gasteiger charge is 2.21. The van der Waals surface area contributed by atoms with Crippen molar-refractivity contribution in [3.05, 3.63) is 23.8 Å². The number of fused-ring (bicyclic) bond motifs is 1. The number of aliphatic imine (C=N–C) groups is 1. The van der Waals surface area contributed by atoms with E-state index in [0.29, 0.717) is 12.7 Å². The fraction of sp³-hybridized carbons (Fsp3) is 0.650. The van der Waals surface area contributed by atoms with E-state index in [4.69, 9.17) is 14.5 Å². The first-order valence-electron chi connectivity index (χ1n) is 9.91. The van der Waals surface area contributed by atoms with Crippen molar-refractivity contribution in [1.29, 1.82) is 0 Å². The first kappa shape index (κ1) is 22.1. The number of likely N-dealkylation sites (tertiary alicyclic amines) is 1. The lowest BCUT2D eigenvalue weighted by molar-refractivity contribution is 0.174. The summed E-state index contributed by atoms with van der Waals surface area (Å²) in [7, 11) is 0. The SMILES string of the molecule is CCCN1CCC(CN=C(NCC)NCCc2ccc3c(c2)OCO3)C1.I. The third-order valence-electron chi connectivity index (χ3n) is 4.90. The molecular weight excluding hydrogens is 455 g/mol. The van der Waals surface area contributed by atoms with E-state index in [1.807, 2.05) is 6.07 Å². The van der Waals surface area contributed by atoms with Crippen molar-refractivity contribution in [2.75, 3.05) is 46.1 Å². The molecule has 0 aromatic heterocycles. The van der Waals surface area contributed by atoms with Crippen molar-refractivity contribution in [1.82, 2.24) is 15.5 Å². The quantitative estimate of drug-likeness (QED) is 0.335. The average Bonchev–Trinajstić information content (AvgIpc) is 3.28. The second-order valence-electron chi connectivity index (χ2n) is 7.04. The van der Waals surface area contributed by atoms with Gasteiger partial charge in [0.1, 0.15) is 0 Å². The molecule has 1 unspecified atom stereocenters. The third kappa shape index (κ3) is 6.71. The maximum Gasteiger partial charge on any atom is 0.231 e. The zero-order valence-electron chi connectivity index (χ0n) is 16.5. The third-order valence-corrected chi connectivity index (χ3v) is 4.90. The molecule has 2 heterocycles. The smallest absolute Gasteiger partial charge is 0.231 e. The number of guanidine groups is 1. The topological polar surface area (TPSA) is 58.1 Å². The van der Waals surface area contributed by atoms with Gasteiger partial charge in [0, 0.05) is 26.2 Å². The number of nitrogens with zero attached hydrogens (tertiary/aromatic N) is 2. The fourth-order valence-corrected chi connectivity index (χ4v) is 3.57. The minimum absolute atomic E-state index is 0. The molecule has 0 aliphatic carbocycles. The molecule has 6 nitrogen and oxygen atoms in total. The molecule has 2 N–H and O–H groups in total. The molecule has 27 heavy (non-hydrogen) atoms. The van der Waals surface area contributed by atoms with Crippen molar-refractivity contribution in [2.45, 2.75) is 33.1 Å². The van der Waals surface area contributed by atoms with Gasteiger partial charge < -0.3 is 25.0 Å². The van der Waals surface area contributed by atoms with Crippen molar-refractivity contribution >= 4 is 29.9 Å². The van der Waals surface area contributed by atoms with E-state index in [-0.39, 0.29) is 24.0 Å². The van der Waals surface area contributed by atoms with Crippen LogP contribution in [0, 0.1) is 5.92 Å². The molecule has 7 heteroatoms. The maximum absolute atomic E-state index is 5.44. The second-order valence-corrected chi connectivity index (χ2v) is 7.04. The zero-order chi connectivity index (χ0) is 18.2. The van der Waals surface area contributed by atoms with Gasteiger partial charge in [-0.15, -0.1) is 24.0 Å². The summed E-state index contributed by atoms with van der Waals surface area (Å²) in [4.78, 5) is 7.36. The highest BCUT2D eigenvalue weighted by atomic mass is 127. The number of hydrogen-bond acceptors (Lipinski definition) is 4. The number of nitrogens with one attached hydrogen (secondary N) is 2. The van der Waals surface area contributed by atoms with Crippen LogP contribution in [-0.4, -0.2) is 56.9 Å². The predicted molar refractivity (Wildman–Crippen MR) is 121 cm³/mol. The number of benzene rings is 1. The minimum Gasteiger partial charge on any atom is -0.454 e. The summed E-state index contributed by atoms with van der Waals surface area (Å²) in [6, 6.07) is 6.15. The van der Waals surface area contributed by atoms with E-state index in [1.165, 1.54) is 38.0 Å². The van der Waals surface area contributed by atoms with Crippen LogP contribution in [0.5, 0.6) is 11.5 Å². The Balaban J connectivity index is 0.00000261. The van der Waals surface area contributed by atoms with E-state index in [0.717, 1.165) is 43.5 Å². The Morgan fingerprint density at radius 2 is 2.07 bits per heavy atom. The molecule has 0 radical (unpaired) electrons. The molecule has 1 aromatic rings. The number of ether oxygens (including phenoxy) is 2.